The fraction of sp³-hybridized carbons (Fsp3) is 0.250. The van der Waals surface area contributed by atoms with Crippen LogP contribution in [-0.4, -0.2) is 31.0 Å². The van der Waals surface area contributed by atoms with Crippen LogP contribution in [0.1, 0.15) is 49.5 Å². The molecule has 0 radical (unpaired) electrons. The summed E-state index contributed by atoms with van der Waals surface area (Å²) in [5.74, 6) is 0.368. The van der Waals surface area contributed by atoms with Gasteiger partial charge in [0.1, 0.15) is 6.04 Å². The quantitative estimate of drug-likeness (QED) is 0.291. The molecule has 38 heavy (non-hydrogen) atoms. The van der Waals surface area contributed by atoms with E-state index in [0.717, 1.165) is 21.9 Å². The third-order valence-electron chi connectivity index (χ3n) is 6.25. The van der Waals surface area contributed by atoms with Gasteiger partial charge in [0.25, 0.3) is 5.91 Å². The van der Waals surface area contributed by atoms with Crippen LogP contribution >= 0.6 is 11.8 Å². The summed E-state index contributed by atoms with van der Waals surface area (Å²) in [6.07, 6.45) is 0.823. The van der Waals surface area contributed by atoms with Gasteiger partial charge in [-0.1, -0.05) is 68.0 Å². The summed E-state index contributed by atoms with van der Waals surface area (Å²) in [4.78, 5) is 21.7. The number of nitrogens with one attached hydrogen (secondary N) is 1. The first-order valence-electron chi connectivity index (χ1n) is 12.4. The van der Waals surface area contributed by atoms with Crippen molar-refractivity contribution in [3.8, 4) is 11.4 Å². The lowest BCUT2D eigenvalue weighted by molar-refractivity contribution is 0.0984. The topological polar surface area (TPSA) is 105 Å². The molecule has 0 fully saturated rings. The van der Waals surface area contributed by atoms with E-state index in [1.54, 1.807) is 18.2 Å². The monoisotopic (exact) mass is 548 g/mol. The molecule has 0 unspecified atom stereocenters. The van der Waals surface area contributed by atoms with E-state index in [9.17, 15) is 13.2 Å². The highest BCUT2D eigenvalue weighted by Crippen LogP contribution is 2.43. The molecule has 0 aliphatic carbocycles. The Morgan fingerprint density at radius 1 is 1.00 bits per heavy atom. The molecule has 196 valence electrons. The minimum absolute atomic E-state index is 0.0197. The molecule has 8 nitrogen and oxygen atoms in total. The Kier molecular flexibility index (Phi) is 7.38. The molecule has 5 rings (SSSR count). The number of rotatable bonds is 8. The van der Waals surface area contributed by atoms with Crippen molar-refractivity contribution in [1.29, 1.82) is 0 Å². The Morgan fingerprint density at radius 2 is 1.74 bits per heavy atom. The van der Waals surface area contributed by atoms with Crippen molar-refractivity contribution < 1.29 is 17.7 Å². The van der Waals surface area contributed by atoms with Gasteiger partial charge in [-0.05, 0) is 54.8 Å². The van der Waals surface area contributed by atoms with Gasteiger partial charge in [0.2, 0.25) is 21.7 Å². The minimum atomic E-state index is -3.79. The zero-order valence-electron chi connectivity index (χ0n) is 21.3. The molecule has 1 aliphatic rings. The predicted octanol–water partition coefficient (Wildman–Crippen LogP) is 5.93. The van der Waals surface area contributed by atoms with E-state index in [-0.39, 0.29) is 22.6 Å². The van der Waals surface area contributed by atoms with Crippen LogP contribution in [-0.2, 0) is 10.0 Å². The number of nitrogens with zero attached hydrogens (tertiary/aromatic N) is 3. The highest BCUT2D eigenvalue weighted by molar-refractivity contribution is 7.99. The summed E-state index contributed by atoms with van der Waals surface area (Å²) in [7, 11) is -3.79. The highest BCUT2D eigenvalue weighted by Gasteiger charge is 2.30. The van der Waals surface area contributed by atoms with Crippen LogP contribution in [0.25, 0.3) is 11.4 Å². The fourth-order valence-corrected chi connectivity index (χ4v) is 6.77. The lowest BCUT2D eigenvalue weighted by atomic mass is 10.1. The first-order chi connectivity index (χ1) is 18.3. The number of carbonyl (C=O) groups is 1. The number of anilines is 1. The van der Waals surface area contributed by atoms with E-state index in [2.05, 4.69) is 14.9 Å². The van der Waals surface area contributed by atoms with Crippen molar-refractivity contribution in [2.45, 2.75) is 47.9 Å². The Labute approximate surface area is 226 Å². The second-order valence-electron chi connectivity index (χ2n) is 9.35. The van der Waals surface area contributed by atoms with Gasteiger partial charge in [-0.2, -0.15) is 9.71 Å². The molecule has 1 atom stereocenters. The third-order valence-corrected chi connectivity index (χ3v) is 8.83. The first kappa shape index (κ1) is 26.1. The molecule has 2 heterocycles. The van der Waals surface area contributed by atoms with Gasteiger partial charge in [-0.15, -0.1) is 0 Å². The van der Waals surface area contributed by atoms with E-state index in [1.165, 1.54) is 23.9 Å². The van der Waals surface area contributed by atoms with E-state index < -0.39 is 16.1 Å². The van der Waals surface area contributed by atoms with E-state index in [0.29, 0.717) is 23.5 Å². The molecule has 0 bridgehead atoms. The number of benzene rings is 3. The number of aromatic nitrogens is 2. The van der Waals surface area contributed by atoms with Gasteiger partial charge < -0.3 is 9.42 Å². The molecule has 1 N–H and O–H groups in total. The summed E-state index contributed by atoms with van der Waals surface area (Å²) in [6, 6.07) is 20.8. The van der Waals surface area contributed by atoms with Gasteiger partial charge in [-0.25, -0.2) is 8.42 Å². The number of hydrogen-bond acceptors (Lipinski definition) is 7. The van der Waals surface area contributed by atoms with Crippen molar-refractivity contribution in [3.05, 3.63) is 84.3 Å². The molecule has 0 saturated heterocycles. The van der Waals surface area contributed by atoms with Crippen molar-refractivity contribution in [2.75, 3.05) is 11.4 Å². The zero-order chi connectivity index (χ0) is 26.9. The van der Waals surface area contributed by atoms with Gasteiger partial charge in [0, 0.05) is 21.9 Å². The SMILES string of the molecule is CCCN1C(=O)c2ccccc2Sc2cc(-c3noc([C@@H](NS(=O)(=O)c4ccccc4)C(C)C)n3)ccc21. The average Bonchev–Trinajstić information content (AvgIpc) is 3.37. The van der Waals surface area contributed by atoms with Crippen LogP contribution in [0.2, 0.25) is 0 Å². The van der Waals surface area contributed by atoms with Crippen LogP contribution in [0.15, 0.2) is 92.0 Å². The Balaban J connectivity index is 1.48. The van der Waals surface area contributed by atoms with Gasteiger partial charge in [0.15, 0.2) is 0 Å². The largest absolute Gasteiger partial charge is 0.337 e. The summed E-state index contributed by atoms with van der Waals surface area (Å²) >= 11 is 1.53. The Hall–Kier alpha value is -3.47. The number of hydrogen-bond donors (Lipinski definition) is 1. The maximum absolute atomic E-state index is 13.3. The summed E-state index contributed by atoms with van der Waals surface area (Å²) in [5, 5.41) is 4.17. The summed E-state index contributed by atoms with van der Waals surface area (Å²) in [6.45, 7) is 6.42. The zero-order valence-corrected chi connectivity index (χ0v) is 22.9. The van der Waals surface area contributed by atoms with Crippen LogP contribution < -0.4 is 9.62 Å². The maximum atomic E-state index is 13.3. The van der Waals surface area contributed by atoms with Gasteiger partial charge >= 0.3 is 0 Å². The normalized spacial score (nSPS) is 14.2. The molecule has 4 aromatic rings. The van der Waals surface area contributed by atoms with Crippen molar-refractivity contribution in [3.63, 3.8) is 0 Å². The van der Waals surface area contributed by atoms with E-state index >= 15 is 0 Å². The van der Waals surface area contributed by atoms with E-state index in [4.69, 9.17) is 4.52 Å². The van der Waals surface area contributed by atoms with Crippen molar-refractivity contribution >= 4 is 33.4 Å². The van der Waals surface area contributed by atoms with Gasteiger partial charge in [0.05, 0.1) is 16.1 Å². The van der Waals surface area contributed by atoms with Crippen molar-refractivity contribution in [2.24, 2.45) is 5.92 Å². The van der Waals surface area contributed by atoms with Crippen LogP contribution in [0.4, 0.5) is 5.69 Å². The molecular formula is C28H28N4O4S2. The number of amides is 1. The van der Waals surface area contributed by atoms with Crippen LogP contribution in [0.3, 0.4) is 0 Å². The minimum Gasteiger partial charge on any atom is -0.337 e. The number of sulfonamides is 1. The lowest BCUT2D eigenvalue weighted by Gasteiger charge is -2.22. The van der Waals surface area contributed by atoms with Crippen LogP contribution in [0.5, 0.6) is 0 Å². The Morgan fingerprint density at radius 3 is 2.47 bits per heavy atom. The van der Waals surface area contributed by atoms with E-state index in [1.807, 2.05) is 68.1 Å². The number of carbonyl (C=O) groups excluding carboxylic acids is 1. The first-order valence-corrected chi connectivity index (χ1v) is 14.7. The molecule has 1 aliphatic heterocycles. The smallest absolute Gasteiger partial charge is 0.259 e. The molecule has 0 spiro atoms. The molecule has 3 aromatic carbocycles. The van der Waals surface area contributed by atoms with Crippen LogP contribution in [0, 0.1) is 5.92 Å². The number of fused-ring (bicyclic) bond motifs is 2. The Bertz CT molecular complexity index is 1570. The maximum Gasteiger partial charge on any atom is 0.259 e. The standard InChI is InChI=1S/C28H28N4O4S2/c1-4-16-32-22-15-14-19(17-24(22)37-23-13-9-8-12-21(23)28(32)33)26-29-27(36-30-26)25(18(2)3)31-38(34,35)20-10-6-5-7-11-20/h5-15,17-18,25,31H,4,16H2,1-3H3/t25-/m0/s1. The average molecular weight is 549 g/mol. The summed E-state index contributed by atoms with van der Waals surface area (Å²) < 4.78 is 34.2. The van der Waals surface area contributed by atoms with Gasteiger partial charge in [-0.3, -0.25) is 4.79 Å². The molecule has 0 saturated carbocycles. The second-order valence-corrected chi connectivity index (χ2v) is 12.1. The molecule has 1 amide bonds. The summed E-state index contributed by atoms with van der Waals surface area (Å²) in [5.41, 5.74) is 2.22. The predicted molar refractivity (Wildman–Crippen MR) is 147 cm³/mol. The third kappa shape index (κ3) is 5.11. The fourth-order valence-electron chi connectivity index (χ4n) is 4.29. The highest BCUT2D eigenvalue weighted by atomic mass is 32.2. The lowest BCUT2D eigenvalue weighted by Crippen LogP contribution is -2.32. The molecular weight excluding hydrogens is 520 g/mol. The van der Waals surface area contributed by atoms with Crippen molar-refractivity contribution in [1.82, 2.24) is 14.9 Å². The molecule has 10 heteroatoms. The second kappa shape index (κ2) is 10.7. The molecule has 1 aromatic heterocycles.